The zero-order valence-corrected chi connectivity index (χ0v) is 21.2. The van der Waals surface area contributed by atoms with E-state index < -0.39 is 5.66 Å². The number of amides is 2. The number of piperidine rings is 1. The van der Waals surface area contributed by atoms with Crippen molar-refractivity contribution < 1.29 is 9.59 Å². The number of hydrogen-bond acceptors (Lipinski definition) is 3. The number of hydrogen-bond donors (Lipinski definition) is 1. The summed E-state index contributed by atoms with van der Waals surface area (Å²) in [5.74, 6) is 0.509. The molecule has 0 saturated carbocycles. The highest BCUT2D eigenvalue weighted by molar-refractivity contribution is 6.30. The maximum atomic E-state index is 13.7. The summed E-state index contributed by atoms with van der Waals surface area (Å²) < 4.78 is 0. The Labute approximate surface area is 208 Å². The molecule has 2 aromatic carbocycles. The van der Waals surface area contributed by atoms with Gasteiger partial charge in [-0.05, 0) is 55.5 Å². The van der Waals surface area contributed by atoms with Crippen LogP contribution in [0.3, 0.4) is 0 Å². The summed E-state index contributed by atoms with van der Waals surface area (Å²) in [6.07, 6.45) is 4.28. The van der Waals surface area contributed by atoms with E-state index in [-0.39, 0.29) is 29.8 Å². The van der Waals surface area contributed by atoms with Gasteiger partial charge in [-0.2, -0.15) is 0 Å². The summed E-state index contributed by atoms with van der Waals surface area (Å²) in [4.78, 5) is 30.8. The molecule has 2 amide bonds. The number of carbonyl (C=O) groups is 2. The van der Waals surface area contributed by atoms with Crippen LogP contribution in [0.1, 0.15) is 62.4 Å². The normalized spacial score (nSPS) is 21.6. The van der Waals surface area contributed by atoms with Crippen molar-refractivity contribution in [3.05, 3.63) is 70.7 Å². The van der Waals surface area contributed by atoms with Crippen LogP contribution in [-0.4, -0.2) is 52.5 Å². The van der Waals surface area contributed by atoms with E-state index in [4.69, 9.17) is 11.6 Å². The predicted octanol–water partition coefficient (Wildman–Crippen LogP) is 5.14. The molecule has 2 aromatic rings. The summed E-state index contributed by atoms with van der Waals surface area (Å²) >= 11 is 5.99. The van der Waals surface area contributed by atoms with Gasteiger partial charge in [-0.25, -0.2) is 0 Å². The maximum absolute atomic E-state index is 13.7. The third-order valence-corrected chi connectivity index (χ3v) is 7.96. The molecule has 2 fully saturated rings. The Morgan fingerprint density at radius 3 is 2.35 bits per heavy atom. The largest absolute Gasteiger partial charge is 0.338 e. The van der Waals surface area contributed by atoms with Gasteiger partial charge in [-0.15, -0.1) is 0 Å². The van der Waals surface area contributed by atoms with Crippen LogP contribution in [-0.2, 0) is 11.2 Å². The van der Waals surface area contributed by atoms with Crippen molar-refractivity contribution in [2.24, 2.45) is 5.92 Å². The van der Waals surface area contributed by atoms with E-state index in [0.717, 1.165) is 32.1 Å². The first kappa shape index (κ1) is 24.7. The van der Waals surface area contributed by atoms with Gasteiger partial charge in [-0.3, -0.25) is 14.9 Å². The Morgan fingerprint density at radius 1 is 1.09 bits per heavy atom. The highest BCUT2D eigenvalue weighted by atomic mass is 35.5. The van der Waals surface area contributed by atoms with Gasteiger partial charge in [0, 0.05) is 42.6 Å². The van der Waals surface area contributed by atoms with Crippen LogP contribution in [0.5, 0.6) is 0 Å². The van der Waals surface area contributed by atoms with Crippen molar-refractivity contribution >= 4 is 23.4 Å². The van der Waals surface area contributed by atoms with Crippen LogP contribution in [0.4, 0.5) is 0 Å². The summed E-state index contributed by atoms with van der Waals surface area (Å²) in [6.45, 7) is 7.71. The first-order valence-electron chi connectivity index (χ1n) is 12.5. The van der Waals surface area contributed by atoms with Gasteiger partial charge < -0.3 is 9.80 Å². The topological polar surface area (TPSA) is 52.7 Å². The van der Waals surface area contributed by atoms with Gasteiger partial charge in [0.05, 0.1) is 11.7 Å². The summed E-state index contributed by atoms with van der Waals surface area (Å²) in [6, 6.07) is 17.5. The number of nitrogens with zero attached hydrogens (tertiary/aromatic N) is 2. The van der Waals surface area contributed by atoms with E-state index in [9.17, 15) is 9.59 Å². The number of carbonyl (C=O) groups excluding carboxylic acids is 2. The quantitative estimate of drug-likeness (QED) is 0.595. The van der Waals surface area contributed by atoms with E-state index in [2.05, 4.69) is 55.3 Å². The maximum Gasteiger partial charge on any atom is 0.253 e. The van der Waals surface area contributed by atoms with E-state index in [1.165, 1.54) is 5.56 Å². The van der Waals surface area contributed by atoms with Crippen molar-refractivity contribution in [2.45, 2.75) is 70.6 Å². The number of aryl methyl sites for hydroxylation is 1. The van der Waals surface area contributed by atoms with Crippen molar-refractivity contribution in [2.75, 3.05) is 13.1 Å². The predicted molar refractivity (Wildman–Crippen MR) is 137 cm³/mol. The SMILES string of the molecule is CC[C@H](C)[C@@H]1NC2(CCN(C(=O)c3ccc(Cl)cc3)CC2)N([C@@H](C)CCc2ccccc2)C1=O. The van der Waals surface area contributed by atoms with Crippen molar-refractivity contribution in [3.8, 4) is 0 Å². The fraction of sp³-hybridized carbons (Fsp3) is 0.500. The standard InChI is InChI=1S/C28H36ClN3O2/c1-4-20(2)25-27(34)32(21(3)10-11-22-8-6-5-7-9-22)28(30-25)16-18-31(19-17-28)26(33)23-12-14-24(29)15-13-23/h5-9,12-15,20-21,25,30H,4,10-11,16-19H2,1-3H3/t20-,21-,25-/m0/s1. The Balaban J connectivity index is 1.49. The van der Waals surface area contributed by atoms with Crippen molar-refractivity contribution in [3.63, 3.8) is 0 Å². The molecule has 2 aliphatic rings. The average Bonchev–Trinajstić information content (AvgIpc) is 3.14. The molecule has 1 N–H and O–H groups in total. The summed E-state index contributed by atoms with van der Waals surface area (Å²) in [5.41, 5.74) is 1.56. The molecule has 5 nitrogen and oxygen atoms in total. The Kier molecular flexibility index (Phi) is 7.63. The molecule has 6 heteroatoms. The van der Waals surface area contributed by atoms with E-state index in [1.807, 2.05) is 11.0 Å². The van der Waals surface area contributed by atoms with Crippen LogP contribution in [0.2, 0.25) is 5.02 Å². The van der Waals surface area contributed by atoms with Gasteiger partial charge in [0.2, 0.25) is 5.91 Å². The molecule has 0 bridgehead atoms. The fourth-order valence-corrected chi connectivity index (χ4v) is 5.56. The third-order valence-electron chi connectivity index (χ3n) is 7.71. The zero-order valence-electron chi connectivity index (χ0n) is 20.5. The molecule has 0 radical (unpaired) electrons. The molecule has 4 rings (SSSR count). The second-order valence-electron chi connectivity index (χ2n) is 9.92. The summed E-state index contributed by atoms with van der Waals surface area (Å²) in [5, 5.41) is 4.39. The molecule has 2 saturated heterocycles. The molecule has 0 unspecified atom stereocenters. The van der Waals surface area contributed by atoms with E-state index >= 15 is 0 Å². The van der Waals surface area contributed by atoms with Crippen LogP contribution in [0, 0.1) is 5.92 Å². The smallest absolute Gasteiger partial charge is 0.253 e. The molecule has 1 spiro atoms. The fourth-order valence-electron chi connectivity index (χ4n) is 5.43. The number of benzene rings is 2. The molecule has 2 heterocycles. The molecule has 0 aromatic heterocycles. The summed E-state index contributed by atoms with van der Waals surface area (Å²) in [7, 11) is 0. The molecular formula is C28H36ClN3O2. The highest BCUT2D eigenvalue weighted by Gasteiger charge is 2.54. The Morgan fingerprint density at radius 2 is 1.74 bits per heavy atom. The van der Waals surface area contributed by atoms with Crippen LogP contribution in [0.15, 0.2) is 54.6 Å². The average molecular weight is 482 g/mol. The van der Waals surface area contributed by atoms with Crippen LogP contribution < -0.4 is 5.32 Å². The monoisotopic (exact) mass is 481 g/mol. The first-order valence-corrected chi connectivity index (χ1v) is 12.9. The minimum atomic E-state index is -0.391. The lowest BCUT2D eigenvalue weighted by Crippen LogP contribution is -2.61. The van der Waals surface area contributed by atoms with Crippen molar-refractivity contribution in [1.82, 2.24) is 15.1 Å². The lowest BCUT2D eigenvalue weighted by molar-refractivity contribution is -0.136. The van der Waals surface area contributed by atoms with E-state index in [0.29, 0.717) is 23.7 Å². The van der Waals surface area contributed by atoms with Crippen molar-refractivity contribution in [1.29, 1.82) is 0 Å². The van der Waals surface area contributed by atoms with Gasteiger partial charge in [0.15, 0.2) is 0 Å². The number of nitrogens with one attached hydrogen (secondary N) is 1. The highest BCUT2D eigenvalue weighted by Crippen LogP contribution is 2.37. The number of halogens is 1. The van der Waals surface area contributed by atoms with Gasteiger partial charge >= 0.3 is 0 Å². The Bertz CT molecular complexity index is 986. The molecule has 2 aliphatic heterocycles. The molecule has 3 atom stereocenters. The number of likely N-dealkylation sites (tertiary alicyclic amines) is 1. The second kappa shape index (κ2) is 10.5. The second-order valence-corrected chi connectivity index (χ2v) is 10.4. The minimum Gasteiger partial charge on any atom is -0.338 e. The third kappa shape index (κ3) is 5.01. The lowest BCUT2D eigenvalue weighted by atomic mass is 9.93. The van der Waals surface area contributed by atoms with E-state index in [1.54, 1.807) is 24.3 Å². The zero-order chi connectivity index (χ0) is 24.3. The number of rotatable bonds is 7. The molecule has 34 heavy (non-hydrogen) atoms. The molecule has 182 valence electrons. The Hall–Kier alpha value is -2.37. The van der Waals surface area contributed by atoms with Gasteiger partial charge in [-0.1, -0.05) is 62.2 Å². The van der Waals surface area contributed by atoms with Gasteiger partial charge in [0.1, 0.15) is 0 Å². The lowest BCUT2D eigenvalue weighted by Gasteiger charge is -2.47. The van der Waals surface area contributed by atoms with Crippen LogP contribution >= 0.6 is 11.6 Å². The van der Waals surface area contributed by atoms with Crippen LogP contribution in [0.25, 0.3) is 0 Å². The molecule has 0 aliphatic carbocycles. The first-order chi connectivity index (χ1) is 16.3. The minimum absolute atomic E-state index is 0.0259. The molecular weight excluding hydrogens is 446 g/mol. The van der Waals surface area contributed by atoms with Gasteiger partial charge in [0.25, 0.3) is 5.91 Å².